The summed E-state index contributed by atoms with van der Waals surface area (Å²) in [5.74, 6) is -0.572. The maximum absolute atomic E-state index is 13.1. The second-order valence-electron chi connectivity index (χ2n) is 28.3. The first-order valence-corrected chi connectivity index (χ1v) is 42.5. The van der Waals surface area contributed by atoms with E-state index in [1.54, 1.807) is 0 Å². The highest BCUT2D eigenvalue weighted by Gasteiger charge is 2.30. The lowest BCUT2D eigenvalue weighted by molar-refractivity contribution is -0.161. The summed E-state index contributed by atoms with van der Waals surface area (Å²) in [6.07, 6.45) is 55.4. The molecule has 0 aliphatic carbocycles. The van der Waals surface area contributed by atoms with Gasteiger partial charge in [0.1, 0.15) is 19.3 Å². The zero-order valence-electron chi connectivity index (χ0n) is 62.0. The van der Waals surface area contributed by atoms with Crippen molar-refractivity contribution in [1.82, 2.24) is 0 Å². The Labute approximate surface area is 581 Å². The van der Waals surface area contributed by atoms with Gasteiger partial charge in [-0.25, -0.2) is 9.13 Å². The van der Waals surface area contributed by atoms with Gasteiger partial charge in [0.15, 0.2) is 12.2 Å². The number of hydrogen-bond donors (Lipinski definition) is 3. The van der Waals surface area contributed by atoms with Gasteiger partial charge in [0.25, 0.3) is 0 Å². The molecule has 0 aliphatic rings. The summed E-state index contributed by atoms with van der Waals surface area (Å²) < 4.78 is 68.5. The predicted octanol–water partition coefficient (Wildman–Crippen LogP) is 22.3. The smallest absolute Gasteiger partial charge is 0.462 e. The van der Waals surface area contributed by atoms with Crippen molar-refractivity contribution < 1.29 is 80.2 Å². The van der Waals surface area contributed by atoms with Crippen molar-refractivity contribution in [2.75, 3.05) is 39.6 Å². The Morgan fingerprint density at radius 3 is 0.716 bits per heavy atom. The van der Waals surface area contributed by atoms with Crippen LogP contribution in [0.15, 0.2) is 0 Å². The number of aliphatic hydroxyl groups is 1. The van der Waals surface area contributed by atoms with Crippen LogP contribution in [0.3, 0.4) is 0 Å². The predicted molar refractivity (Wildman–Crippen MR) is 386 cm³/mol. The van der Waals surface area contributed by atoms with Crippen molar-refractivity contribution in [2.45, 2.75) is 413 Å². The molecule has 0 aromatic heterocycles. The Hall–Kier alpha value is -1.94. The normalized spacial score (nSPS) is 14.0. The van der Waals surface area contributed by atoms with Crippen LogP contribution in [0.1, 0.15) is 395 Å². The van der Waals surface area contributed by atoms with Gasteiger partial charge in [-0.2, -0.15) is 0 Å². The number of rotatable bonds is 75. The highest BCUT2D eigenvalue weighted by Crippen LogP contribution is 2.45. The van der Waals surface area contributed by atoms with Crippen molar-refractivity contribution in [1.29, 1.82) is 0 Å². The molecular formula is C76H148O17P2. The summed E-state index contributed by atoms with van der Waals surface area (Å²) in [7, 11) is -9.91. The molecule has 0 saturated carbocycles. The quantitative estimate of drug-likeness (QED) is 0.0222. The summed E-state index contributed by atoms with van der Waals surface area (Å²) in [6, 6.07) is 0. The van der Waals surface area contributed by atoms with Gasteiger partial charge in [-0.05, 0) is 37.5 Å². The Bertz CT molecular complexity index is 1840. The molecule has 0 heterocycles. The standard InChI is InChI=1S/C76H148O17P2/c1-7-9-11-13-15-17-18-19-20-21-22-25-29-36-42-48-54-60-75(80)92-72(65-87-74(79)59-53-47-41-35-28-26-23-24-27-33-38-44-50-56-68(3)4)67-91-95(84,85)89-63-70(77)62-88-94(82,83)90-66-71(64-86-73(78)58-52-46-40-32-16-14-12-10-8-2)93-76(81)61-55-49-43-37-31-30-34-39-45-51-57-69(5)6/h68-72,77H,7-67H2,1-6H3,(H,82,83)(H,84,85)/t70-,71+,72+/m0/s1. The summed E-state index contributed by atoms with van der Waals surface area (Å²) in [6.45, 7) is 9.59. The number of ether oxygens (including phenoxy) is 4. The molecule has 95 heavy (non-hydrogen) atoms. The number of carbonyl (C=O) groups is 4. The van der Waals surface area contributed by atoms with Crippen molar-refractivity contribution in [3.63, 3.8) is 0 Å². The van der Waals surface area contributed by atoms with Crippen LogP contribution in [0.5, 0.6) is 0 Å². The van der Waals surface area contributed by atoms with Gasteiger partial charge < -0.3 is 33.8 Å². The van der Waals surface area contributed by atoms with E-state index in [4.69, 9.17) is 37.0 Å². The number of aliphatic hydroxyl groups excluding tert-OH is 1. The molecular weight excluding hydrogens is 1250 g/mol. The first-order chi connectivity index (χ1) is 45.9. The number of unbranched alkanes of at least 4 members (excludes halogenated alkanes) is 45. The van der Waals surface area contributed by atoms with E-state index in [-0.39, 0.29) is 25.7 Å². The fraction of sp³-hybridized carbons (Fsp3) is 0.947. The maximum atomic E-state index is 13.1. The van der Waals surface area contributed by atoms with E-state index in [2.05, 4.69) is 41.5 Å². The van der Waals surface area contributed by atoms with Crippen LogP contribution in [-0.2, 0) is 65.4 Å². The molecule has 0 amide bonds. The average Bonchev–Trinajstić information content (AvgIpc) is 1.97. The molecule has 2 unspecified atom stereocenters. The molecule has 5 atom stereocenters. The average molecular weight is 1400 g/mol. The third-order valence-electron chi connectivity index (χ3n) is 17.7. The fourth-order valence-electron chi connectivity index (χ4n) is 11.7. The number of carbonyl (C=O) groups excluding carboxylic acids is 4. The van der Waals surface area contributed by atoms with E-state index in [0.717, 1.165) is 102 Å². The molecule has 19 heteroatoms. The molecule has 0 radical (unpaired) electrons. The highest BCUT2D eigenvalue weighted by atomic mass is 31.2. The molecule has 0 aromatic carbocycles. The van der Waals surface area contributed by atoms with Crippen LogP contribution in [0.4, 0.5) is 0 Å². The summed E-state index contributed by atoms with van der Waals surface area (Å²) in [5, 5.41) is 10.6. The van der Waals surface area contributed by atoms with Crippen molar-refractivity contribution in [3.8, 4) is 0 Å². The Kier molecular flexibility index (Phi) is 66.5. The molecule has 0 saturated heterocycles. The lowest BCUT2D eigenvalue weighted by Gasteiger charge is -2.21. The molecule has 0 aliphatic heterocycles. The van der Waals surface area contributed by atoms with Gasteiger partial charge in [0, 0.05) is 25.7 Å². The van der Waals surface area contributed by atoms with Crippen molar-refractivity contribution >= 4 is 39.5 Å². The van der Waals surface area contributed by atoms with Crippen LogP contribution in [0.2, 0.25) is 0 Å². The molecule has 564 valence electrons. The zero-order valence-corrected chi connectivity index (χ0v) is 63.8. The van der Waals surface area contributed by atoms with Crippen LogP contribution in [-0.4, -0.2) is 96.7 Å². The van der Waals surface area contributed by atoms with Crippen molar-refractivity contribution in [2.24, 2.45) is 11.8 Å². The van der Waals surface area contributed by atoms with E-state index >= 15 is 0 Å². The third-order valence-corrected chi connectivity index (χ3v) is 19.6. The summed E-state index contributed by atoms with van der Waals surface area (Å²) >= 11 is 0. The minimum atomic E-state index is -4.96. The monoisotopic (exact) mass is 1400 g/mol. The molecule has 3 N–H and O–H groups in total. The molecule has 0 rings (SSSR count). The fourth-order valence-corrected chi connectivity index (χ4v) is 13.2. The number of phosphoric ester groups is 2. The van der Waals surface area contributed by atoms with Gasteiger partial charge in [-0.15, -0.1) is 0 Å². The third kappa shape index (κ3) is 70.3. The van der Waals surface area contributed by atoms with Crippen LogP contribution < -0.4 is 0 Å². The first kappa shape index (κ1) is 93.1. The Morgan fingerprint density at radius 2 is 0.484 bits per heavy atom. The lowest BCUT2D eigenvalue weighted by atomic mass is 10.0. The number of esters is 4. The minimum Gasteiger partial charge on any atom is -0.462 e. The number of phosphoric acid groups is 2. The SMILES string of the molecule is CCCCCCCCCCCCCCCCCCCC(=O)O[C@H](COC(=O)CCCCCCCCCCCCCCCC(C)C)COP(=O)(O)OC[C@@H](O)COP(=O)(O)OC[C@@H](COC(=O)CCCCCCCCCCC)OC(=O)CCCCCCCCCCCCC(C)C. The molecule has 17 nitrogen and oxygen atoms in total. The topological polar surface area (TPSA) is 237 Å². The van der Waals surface area contributed by atoms with E-state index in [0.29, 0.717) is 25.7 Å². The van der Waals surface area contributed by atoms with E-state index in [1.807, 2.05) is 0 Å². The van der Waals surface area contributed by atoms with Crippen LogP contribution in [0, 0.1) is 11.8 Å². The highest BCUT2D eigenvalue weighted by molar-refractivity contribution is 7.47. The Morgan fingerprint density at radius 1 is 0.284 bits per heavy atom. The minimum absolute atomic E-state index is 0.106. The zero-order chi connectivity index (χ0) is 70.0. The summed E-state index contributed by atoms with van der Waals surface area (Å²) in [4.78, 5) is 72.8. The molecule has 0 spiro atoms. The van der Waals surface area contributed by atoms with Gasteiger partial charge >= 0.3 is 39.5 Å². The number of hydrogen-bond acceptors (Lipinski definition) is 15. The molecule has 0 aromatic rings. The largest absolute Gasteiger partial charge is 0.472 e. The van der Waals surface area contributed by atoms with Crippen molar-refractivity contribution in [3.05, 3.63) is 0 Å². The van der Waals surface area contributed by atoms with E-state index < -0.39 is 97.5 Å². The maximum Gasteiger partial charge on any atom is 0.472 e. The van der Waals surface area contributed by atoms with Gasteiger partial charge in [-0.3, -0.25) is 37.3 Å². The van der Waals surface area contributed by atoms with Gasteiger partial charge in [0.2, 0.25) is 0 Å². The second-order valence-corrected chi connectivity index (χ2v) is 31.3. The van der Waals surface area contributed by atoms with Crippen LogP contribution >= 0.6 is 15.6 Å². The molecule has 0 fully saturated rings. The van der Waals surface area contributed by atoms with E-state index in [1.165, 1.54) is 212 Å². The molecule has 0 bridgehead atoms. The summed E-state index contributed by atoms with van der Waals surface area (Å²) in [5.41, 5.74) is 0. The van der Waals surface area contributed by atoms with E-state index in [9.17, 15) is 43.2 Å². The lowest BCUT2D eigenvalue weighted by Crippen LogP contribution is -2.30. The first-order valence-electron chi connectivity index (χ1n) is 39.5. The van der Waals surface area contributed by atoms with Crippen LogP contribution in [0.25, 0.3) is 0 Å². The second kappa shape index (κ2) is 67.9. The Balaban J connectivity index is 5.23. The van der Waals surface area contributed by atoms with Gasteiger partial charge in [0.05, 0.1) is 26.4 Å². The van der Waals surface area contributed by atoms with Gasteiger partial charge in [-0.1, -0.05) is 343 Å².